The van der Waals surface area contributed by atoms with Crippen molar-refractivity contribution in [3.05, 3.63) is 5.56 Å². The number of carbonyl (C=O) groups excluding carboxylic acids is 1. The van der Waals surface area contributed by atoms with Gasteiger partial charge in [-0.3, -0.25) is 0 Å². The van der Waals surface area contributed by atoms with Crippen LogP contribution in [0.2, 0.25) is 0 Å². The molecule has 0 radical (unpaired) electrons. The molecule has 0 atom stereocenters. The summed E-state index contributed by atoms with van der Waals surface area (Å²) in [6.45, 7) is 8.79. The third-order valence-electron chi connectivity index (χ3n) is 2.77. The third kappa shape index (κ3) is 3.39. The topological polar surface area (TPSA) is 82.2 Å². The smallest absolute Gasteiger partial charge is 0.345 e. The lowest BCUT2D eigenvalue weighted by Crippen LogP contribution is -2.25. The van der Waals surface area contributed by atoms with Crippen molar-refractivity contribution in [2.75, 3.05) is 24.7 Å². The van der Waals surface area contributed by atoms with Crippen LogP contribution < -0.4 is 11.1 Å². The number of aromatic nitrogens is 2. The zero-order valence-electron chi connectivity index (χ0n) is 12.4. The molecule has 1 aromatic heterocycles. The summed E-state index contributed by atoms with van der Waals surface area (Å²) in [7, 11) is 1.34. The maximum atomic E-state index is 11.8. The predicted octanol–water partition coefficient (Wildman–Crippen LogP) is 2.22. The standard InChI is InChI=1S/C13H24N4O2/c1-6-7-8-15-11-9(12(18)19-5)10(14)17(16-11)13(2,3)4/h6-8,14H2,1-5H3,(H,15,16). The van der Waals surface area contributed by atoms with Crippen LogP contribution in [0.1, 0.15) is 50.9 Å². The molecule has 0 fully saturated rings. The first-order valence-corrected chi connectivity index (χ1v) is 6.54. The molecule has 0 unspecified atom stereocenters. The highest BCUT2D eigenvalue weighted by Gasteiger charge is 2.27. The first-order valence-electron chi connectivity index (χ1n) is 6.54. The molecular weight excluding hydrogens is 244 g/mol. The molecule has 1 rings (SSSR count). The van der Waals surface area contributed by atoms with Gasteiger partial charge in [0.05, 0.1) is 12.6 Å². The van der Waals surface area contributed by atoms with Crippen LogP contribution in [0, 0.1) is 0 Å². The van der Waals surface area contributed by atoms with E-state index in [2.05, 4.69) is 17.3 Å². The van der Waals surface area contributed by atoms with Crippen LogP contribution in [-0.2, 0) is 10.3 Å². The second kappa shape index (κ2) is 5.95. The molecule has 0 aliphatic rings. The Bertz CT molecular complexity index is 446. The van der Waals surface area contributed by atoms with E-state index in [1.165, 1.54) is 7.11 Å². The largest absolute Gasteiger partial charge is 0.465 e. The maximum Gasteiger partial charge on any atom is 0.345 e. The Morgan fingerprint density at radius 1 is 1.47 bits per heavy atom. The SMILES string of the molecule is CCCCNc1nn(C(C)(C)C)c(N)c1C(=O)OC. The highest BCUT2D eigenvalue weighted by atomic mass is 16.5. The Kier molecular flexibility index (Phi) is 4.80. The average Bonchev–Trinajstić information content (AvgIpc) is 2.66. The first kappa shape index (κ1) is 15.3. The number of nitrogen functional groups attached to an aromatic ring is 1. The fraction of sp³-hybridized carbons (Fsp3) is 0.692. The predicted molar refractivity (Wildman–Crippen MR) is 76.4 cm³/mol. The molecular formula is C13H24N4O2. The van der Waals surface area contributed by atoms with Gasteiger partial charge in [-0.25, -0.2) is 9.48 Å². The zero-order chi connectivity index (χ0) is 14.6. The second-order valence-electron chi connectivity index (χ2n) is 5.46. The lowest BCUT2D eigenvalue weighted by molar-refractivity contribution is 0.0603. The van der Waals surface area contributed by atoms with Crippen molar-refractivity contribution in [1.82, 2.24) is 9.78 Å². The Balaban J connectivity index is 3.16. The molecule has 0 saturated carbocycles. The normalized spacial score (nSPS) is 11.4. The van der Waals surface area contributed by atoms with Crippen LogP contribution >= 0.6 is 0 Å². The van der Waals surface area contributed by atoms with E-state index < -0.39 is 5.97 Å². The Labute approximate surface area is 114 Å². The number of nitrogens with two attached hydrogens (primary N) is 1. The van der Waals surface area contributed by atoms with Crippen LogP contribution in [0.3, 0.4) is 0 Å². The first-order chi connectivity index (χ1) is 8.82. The lowest BCUT2D eigenvalue weighted by atomic mass is 10.1. The fourth-order valence-electron chi connectivity index (χ4n) is 1.75. The molecule has 108 valence electrons. The Morgan fingerprint density at radius 2 is 2.11 bits per heavy atom. The summed E-state index contributed by atoms with van der Waals surface area (Å²) < 4.78 is 6.42. The summed E-state index contributed by atoms with van der Waals surface area (Å²) >= 11 is 0. The lowest BCUT2D eigenvalue weighted by Gasteiger charge is -2.20. The summed E-state index contributed by atoms with van der Waals surface area (Å²) in [5, 5.41) is 7.55. The number of esters is 1. The minimum absolute atomic E-state index is 0.294. The number of nitrogens with one attached hydrogen (secondary N) is 1. The molecule has 6 heteroatoms. The van der Waals surface area contributed by atoms with E-state index in [-0.39, 0.29) is 5.54 Å². The van der Waals surface area contributed by atoms with Crippen molar-refractivity contribution in [1.29, 1.82) is 0 Å². The molecule has 0 spiro atoms. The molecule has 0 aromatic carbocycles. The number of hydrogen-bond acceptors (Lipinski definition) is 5. The fourth-order valence-corrected chi connectivity index (χ4v) is 1.75. The molecule has 0 aliphatic carbocycles. The van der Waals surface area contributed by atoms with Crippen LogP contribution in [-0.4, -0.2) is 29.4 Å². The van der Waals surface area contributed by atoms with E-state index >= 15 is 0 Å². The van der Waals surface area contributed by atoms with Gasteiger partial charge in [-0.15, -0.1) is 0 Å². The molecule has 6 nitrogen and oxygen atoms in total. The summed E-state index contributed by atoms with van der Waals surface area (Å²) in [6, 6.07) is 0. The maximum absolute atomic E-state index is 11.8. The van der Waals surface area contributed by atoms with Crippen molar-refractivity contribution < 1.29 is 9.53 Å². The van der Waals surface area contributed by atoms with Gasteiger partial charge >= 0.3 is 5.97 Å². The number of unbranched alkanes of at least 4 members (excludes halogenated alkanes) is 1. The minimum Gasteiger partial charge on any atom is -0.465 e. The van der Waals surface area contributed by atoms with E-state index in [0.29, 0.717) is 17.2 Å². The van der Waals surface area contributed by atoms with Crippen LogP contribution in [0.15, 0.2) is 0 Å². The number of methoxy groups -OCH3 is 1. The molecule has 1 heterocycles. The number of ether oxygens (including phenoxy) is 1. The van der Waals surface area contributed by atoms with Crippen molar-refractivity contribution in [3.8, 4) is 0 Å². The minimum atomic E-state index is -0.466. The van der Waals surface area contributed by atoms with Gasteiger partial charge < -0.3 is 15.8 Å². The number of anilines is 2. The highest BCUT2D eigenvalue weighted by Crippen LogP contribution is 2.28. The summed E-state index contributed by atoms with van der Waals surface area (Å²) in [4.78, 5) is 11.8. The van der Waals surface area contributed by atoms with E-state index in [1.54, 1.807) is 4.68 Å². The Hall–Kier alpha value is -1.72. The van der Waals surface area contributed by atoms with Crippen LogP contribution in [0.4, 0.5) is 11.6 Å². The molecule has 19 heavy (non-hydrogen) atoms. The van der Waals surface area contributed by atoms with Gasteiger partial charge in [-0.2, -0.15) is 5.10 Å². The second-order valence-corrected chi connectivity index (χ2v) is 5.46. The summed E-state index contributed by atoms with van der Waals surface area (Å²) in [5.74, 6) is 0.359. The molecule has 1 aromatic rings. The zero-order valence-corrected chi connectivity index (χ0v) is 12.4. The van der Waals surface area contributed by atoms with Gasteiger partial charge in [0.1, 0.15) is 11.4 Å². The third-order valence-corrected chi connectivity index (χ3v) is 2.77. The molecule has 0 amide bonds. The highest BCUT2D eigenvalue weighted by molar-refractivity contribution is 5.99. The van der Waals surface area contributed by atoms with E-state index in [1.807, 2.05) is 20.8 Å². The van der Waals surface area contributed by atoms with Crippen molar-refractivity contribution in [3.63, 3.8) is 0 Å². The van der Waals surface area contributed by atoms with E-state index in [4.69, 9.17) is 10.5 Å². The molecule has 0 saturated heterocycles. The molecule has 0 aliphatic heterocycles. The monoisotopic (exact) mass is 268 g/mol. The van der Waals surface area contributed by atoms with Crippen LogP contribution in [0.5, 0.6) is 0 Å². The van der Waals surface area contributed by atoms with Gasteiger partial charge in [0.15, 0.2) is 5.82 Å². The number of carbonyl (C=O) groups is 1. The molecule has 3 N–H and O–H groups in total. The number of nitrogens with zero attached hydrogens (tertiary/aromatic N) is 2. The van der Waals surface area contributed by atoms with Gasteiger partial charge in [0, 0.05) is 6.54 Å². The van der Waals surface area contributed by atoms with E-state index in [9.17, 15) is 4.79 Å². The van der Waals surface area contributed by atoms with E-state index in [0.717, 1.165) is 19.4 Å². The van der Waals surface area contributed by atoms with Crippen molar-refractivity contribution in [2.45, 2.75) is 46.1 Å². The average molecular weight is 268 g/mol. The van der Waals surface area contributed by atoms with Gasteiger partial charge in [0.25, 0.3) is 0 Å². The quantitative estimate of drug-likeness (QED) is 0.632. The molecule has 0 bridgehead atoms. The van der Waals surface area contributed by atoms with Crippen molar-refractivity contribution >= 4 is 17.6 Å². The summed E-state index contributed by atoms with van der Waals surface area (Å²) in [5.41, 5.74) is 6.05. The van der Waals surface area contributed by atoms with Gasteiger partial charge in [-0.05, 0) is 27.2 Å². The van der Waals surface area contributed by atoms with Gasteiger partial charge in [-0.1, -0.05) is 13.3 Å². The van der Waals surface area contributed by atoms with Gasteiger partial charge in [0.2, 0.25) is 0 Å². The number of rotatable bonds is 5. The number of hydrogen-bond donors (Lipinski definition) is 2. The Morgan fingerprint density at radius 3 is 2.58 bits per heavy atom. The summed E-state index contributed by atoms with van der Waals surface area (Å²) in [6.07, 6.45) is 2.07. The van der Waals surface area contributed by atoms with Crippen LogP contribution in [0.25, 0.3) is 0 Å². The van der Waals surface area contributed by atoms with Crippen molar-refractivity contribution in [2.24, 2.45) is 0 Å².